The number of hydrogen-bond donors (Lipinski definition) is 1. The van der Waals surface area contributed by atoms with Crippen molar-refractivity contribution < 1.29 is 23.4 Å². The first kappa shape index (κ1) is 19.4. The highest BCUT2D eigenvalue weighted by atomic mass is 19.1. The summed E-state index contributed by atoms with van der Waals surface area (Å²) in [6.45, 7) is 2.07. The lowest BCUT2D eigenvalue weighted by molar-refractivity contribution is -0.117. The van der Waals surface area contributed by atoms with E-state index in [-0.39, 0.29) is 24.5 Å². The van der Waals surface area contributed by atoms with Gasteiger partial charge in [-0.15, -0.1) is 0 Å². The molecule has 2 aromatic carbocycles. The minimum atomic E-state index is -0.532. The minimum absolute atomic E-state index is 0.0843. The summed E-state index contributed by atoms with van der Waals surface area (Å²) in [5.41, 5.74) is 1.43. The molecule has 3 aromatic rings. The van der Waals surface area contributed by atoms with E-state index in [1.54, 1.807) is 30.5 Å². The van der Waals surface area contributed by atoms with Gasteiger partial charge in [-0.1, -0.05) is 12.1 Å². The van der Waals surface area contributed by atoms with E-state index in [1.807, 2.05) is 25.1 Å². The van der Waals surface area contributed by atoms with E-state index in [0.29, 0.717) is 22.8 Å². The van der Waals surface area contributed by atoms with Crippen LogP contribution in [0.4, 0.5) is 4.39 Å². The molecule has 1 aliphatic rings. The Balaban J connectivity index is 1.37. The van der Waals surface area contributed by atoms with Crippen molar-refractivity contribution in [2.75, 3.05) is 6.79 Å². The van der Waals surface area contributed by atoms with Crippen molar-refractivity contribution in [2.24, 2.45) is 0 Å². The van der Waals surface area contributed by atoms with Crippen LogP contribution in [-0.4, -0.2) is 17.7 Å². The fourth-order valence-electron chi connectivity index (χ4n) is 2.94. The monoisotopic (exact) mass is 406 g/mol. The van der Waals surface area contributed by atoms with Gasteiger partial charge in [0.1, 0.15) is 5.75 Å². The maximum Gasteiger partial charge on any atom is 0.244 e. The highest BCUT2D eigenvalue weighted by Gasteiger charge is 2.16. The Bertz CT molecular complexity index is 1090. The van der Waals surface area contributed by atoms with Gasteiger partial charge in [-0.2, -0.15) is 0 Å². The lowest BCUT2D eigenvalue weighted by Crippen LogP contribution is -2.24. The van der Waals surface area contributed by atoms with Crippen molar-refractivity contribution in [3.63, 3.8) is 0 Å². The molecule has 1 atom stereocenters. The number of carbonyl (C=O) groups is 1. The first-order valence-electron chi connectivity index (χ1n) is 9.34. The Morgan fingerprint density at radius 3 is 2.87 bits per heavy atom. The van der Waals surface area contributed by atoms with Gasteiger partial charge in [0.05, 0.1) is 12.2 Å². The Morgan fingerprint density at radius 2 is 2.07 bits per heavy atom. The van der Waals surface area contributed by atoms with Crippen LogP contribution in [0.15, 0.2) is 67.0 Å². The molecule has 0 saturated carbocycles. The lowest BCUT2D eigenvalue weighted by Gasteiger charge is -2.13. The highest BCUT2D eigenvalue weighted by molar-refractivity contribution is 5.92. The van der Waals surface area contributed by atoms with Gasteiger partial charge in [-0.3, -0.25) is 9.78 Å². The molecule has 6 nitrogen and oxygen atoms in total. The van der Waals surface area contributed by atoms with E-state index in [0.717, 1.165) is 5.56 Å². The van der Waals surface area contributed by atoms with E-state index in [4.69, 9.17) is 14.2 Å². The first-order chi connectivity index (χ1) is 14.6. The topological polar surface area (TPSA) is 69.7 Å². The summed E-state index contributed by atoms with van der Waals surface area (Å²) in [7, 11) is 0. The van der Waals surface area contributed by atoms with Crippen LogP contribution in [0.25, 0.3) is 6.08 Å². The number of amides is 1. The molecule has 30 heavy (non-hydrogen) atoms. The van der Waals surface area contributed by atoms with Gasteiger partial charge >= 0.3 is 0 Å². The number of hydrogen-bond acceptors (Lipinski definition) is 5. The third-order valence-electron chi connectivity index (χ3n) is 4.50. The largest absolute Gasteiger partial charge is 0.454 e. The summed E-state index contributed by atoms with van der Waals surface area (Å²) in [5.74, 6) is 1.05. The van der Waals surface area contributed by atoms with Crippen LogP contribution in [0.1, 0.15) is 24.1 Å². The zero-order valence-electron chi connectivity index (χ0n) is 16.2. The third kappa shape index (κ3) is 4.57. The number of fused-ring (bicyclic) bond motifs is 1. The van der Waals surface area contributed by atoms with Crippen molar-refractivity contribution in [3.05, 3.63) is 83.9 Å². The van der Waals surface area contributed by atoms with Crippen molar-refractivity contribution in [3.8, 4) is 23.0 Å². The van der Waals surface area contributed by atoms with Crippen LogP contribution in [0.5, 0.6) is 23.0 Å². The fourth-order valence-corrected chi connectivity index (χ4v) is 2.94. The molecule has 1 amide bonds. The average molecular weight is 406 g/mol. The molecule has 0 aliphatic carbocycles. The summed E-state index contributed by atoms with van der Waals surface area (Å²) in [5, 5.41) is 2.87. The SMILES string of the molecule is CC(NC(=O)/C=C/c1ccc(Oc2cccnc2)c(F)c1)c1ccc2c(c1)OCO2. The van der Waals surface area contributed by atoms with E-state index < -0.39 is 5.82 Å². The van der Waals surface area contributed by atoms with Gasteiger partial charge < -0.3 is 19.5 Å². The standard InChI is InChI=1S/C23H19FN2O4/c1-15(17-6-8-21-22(12-17)29-14-28-21)26-23(27)9-5-16-4-7-20(19(24)11-16)30-18-3-2-10-25-13-18/h2-13,15H,14H2,1H3,(H,26,27)/b9-5+. The van der Waals surface area contributed by atoms with Crippen LogP contribution >= 0.6 is 0 Å². The quantitative estimate of drug-likeness (QED) is 0.605. The number of halogens is 1. The zero-order chi connectivity index (χ0) is 20.9. The molecule has 0 bridgehead atoms. The lowest BCUT2D eigenvalue weighted by atomic mass is 10.1. The molecule has 1 aromatic heterocycles. The number of rotatable bonds is 6. The van der Waals surface area contributed by atoms with Crippen LogP contribution in [0, 0.1) is 5.82 Å². The molecule has 152 valence electrons. The van der Waals surface area contributed by atoms with Crippen LogP contribution < -0.4 is 19.5 Å². The van der Waals surface area contributed by atoms with Crippen molar-refractivity contribution >= 4 is 12.0 Å². The number of nitrogens with one attached hydrogen (secondary N) is 1. The Morgan fingerprint density at radius 1 is 1.20 bits per heavy atom. The number of benzene rings is 2. The molecule has 1 N–H and O–H groups in total. The average Bonchev–Trinajstić information content (AvgIpc) is 3.22. The van der Waals surface area contributed by atoms with E-state index in [2.05, 4.69) is 10.3 Å². The second kappa shape index (κ2) is 8.65. The van der Waals surface area contributed by atoms with E-state index in [1.165, 1.54) is 24.4 Å². The number of carbonyl (C=O) groups excluding carboxylic acids is 1. The molecular weight excluding hydrogens is 387 g/mol. The minimum Gasteiger partial charge on any atom is -0.454 e. The van der Waals surface area contributed by atoms with Crippen LogP contribution in [-0.2, 0) is 4.79 Å². The van der Waals surface area contributed by atoms with Crippen molar-refractivity contribution in [1.82, 2.24) is 10.3 Å². The second-order valence-electron chi connectivity index (χ2n) is 6.66. The fraction of sp³-hybridized carbons (Fsp3) is 0.130. The van der Waals surface area contributed by atoms with Gasteiger partial charge in [0, 0.05) is 12.3 Å². The number of ether oxygens (including phenoxy) is 3. The van der Waals surface area contributed by atoms with Gasteiger partial charge in [0.2, 0.25) is 12.7 Å². The summed E-state index contributed by atoms with van der Waals surface area (Å²) in [6, 6.07) is 13.2. The van der Waals surface area contributed by atoms with E-state index in [9.17, 15) is 9.18 Å². The summed E-state index contributed by atoms with van der Waals surface area (Å²) < 4.78 is 30.4. The van der Waals surface area contributed by atoms with E-state index >= 15 is 0 Å². The second-order valence-corrected chi connectivity index (χ2v) is 6.66. The number of pyridine rings is 1. The smallest absolute Gasteiger partial charge is 0.244 e. The van der Waals surface area contributed by atoms with Crippen molar-refractivity contribution in [1.29, 1.82) is 0 Å². The molecule has 2 heterocycles. The predicted molar refractivity (Wildman–Crippen MR) is 109 cm³/mol. The van der Waals surface area contributed by atoms with Gasteiger partial charge in [-0.25, -0.2) is 4.39 Å². The maximum atomic E-state index is 14.3. The molecule has 1 unspecified atom stereocenters. The Labute approximate surface area is 172 Å². The number of nitrogens with zero attached hydrogens (tertiary/aromatic N) is 1. The maximum absolute atomic E-state index is 14.3. The van der Waals surface area contributed by atoms with Crippen LogP contribution in [0.3, 0.4) is 0 Å². The van der Waals surface area contributed by atoms with Crippen LogP contribution in [0.2, 0.25) is 0 Å². The third-order valence-corrected chi connectivity index (χ3v) is 4.50. The molecule has 0 saturated heterocycles. The normalized spacial score (nSPS) is 13.3. The highest BCUT2D eigenvalue weighted by Crippen LogP contribution is 2.34. The molecular formula is C23H19FN2O4. The molecule has 1 aliphatic heterocycles. The van der Waals surface area contributed by atoms with Gasteiger partial charge in [-0.05, 0) is 60.5 Å². The first-order valence-corrected chi connectivity index (χ1v) is 9.34. The zero-order valence-corrected chi connectivity index (χ0v) is 16.2. The summed E-state index contributed by atoms with van der Waals surface area (Å²) in [4.78, 5) is 16.2. The molecule has 0 spiro atoms. The predicted octanol–water partition coefficient (Wildman–Crippen LogP) is 4.63. The van der Waals surface area contributed by atoms with Crippen molar-refractivity contribution in [2.45, 2.75) is 13.0 Å². The number of aromatic nitrogens is 1. The molecule has 7 heteroatoms. The molecule has 4 rings (SSSR count). The van der Waals surface area contributed by atoms with Gasteiger partial charge in [0.15, 0.2) is 23.1 Å². The summed E-state index contributed by atoms with van der Waals surface area (Å²) >= 11 is 0. The molecule has 0 radical (unpaired) electrons. The van der Waals surface area contributed by atoms with Gasteiger partial charge in [0.25, 0.3) is 0 Å². The Kier molecular flexibility index (Phi) is 5.61. The summed E-state index contributed by atoms with van der Waals surface area (Å²) in [6.07, 6.45) is 6.01. The Hall–Kier alpha value is -3.87. The molecule has 0 fully saturated rings.